The molecule has 0 unspecified atom stereocenters. The highest BCUT2D eigenvalue weighted by atomic mass is 19.1. The Morgan fingerprint density at radius 2 is 1.75 bits per heavy atom. The normalized spacial score (nSPS) is 11.5. The lowest BCUT2D eigenvalue weighted by Gasteiger charge is -2.22. The molecule has 0 saturated heterocycles. The number of aliphatic hydroxyl groups is 1. The van der Waals surface area contributed by atoms with Gasteiger partial charge in [-0.05, 0) is 12.1 Å². The molecular weight excluding hydrogens is 153 g/mol. The summed E-state index contributed by atoms with van der Waals surface area (Å²) >= 11 is 0. The van der Waals surface area contributed by atoms with E-state index in [0.717, 1.165) is 0 Å². The second-order valence-electron chi connectivity index (χ2n) is 2.71. The first-order valence-corrected chi connectivity index (χ1v) is 3.51. The Labute approximate surface area is 73.4 Å². The van der Waals surface area contributed by atoms with Gasteiger partial charge in [-0.25, -0.2) is 4.39 Å². The Bertz CT molecular complexity index is 258. The van der Waals surface area contributed by atoms with Crippen molar-refractivity contribution in [3.8, 4) is 0 Å². The van der Waals surface area contributed by atoms with Gasteiger partial charge in [-0.1, -0.05) is 22.9 Å². The Hall–Kier alpha value is -0.760. The van der Waals surface area contributed by atoms with Gasteiger partial charge >= 0.3 is 0 Å². The van der Waals surface area contributed by atoms with Gasteiger partial charge in [0, 0.05) is 6.61 Å². The van der Waals surface area contributed by atoms with Crippen molar-refractivity contribution >= 4 is 15.7 Å². The van der Waals surface area contributed by atoms with Crippen molar-refractivity contribution in [2.24, 2.45) is 0 Å². The zero-order valence-electron chi connectivity index (χ0n) is 6.50. The molecular formula is C8H7B2FO. The van der Waals surface area contributed by atoms with E-state index in [1.165, 1.54) is 24.3 Å². The molecule has 0 saturated carbocycles. The van der Waals surface area contributed by atoms with Gasteiger partial charge in [0.15, 0.2) is 0 Å². The summed E-state index contributed by atoms with van der Waals surface area (Å²) in [5, 5.41) is 7.49. The van der Waals surface area contributed by atoms with Crippen molar-refractivity contribution in [3.63, 3.8) is 0 Å². The van der Waals surface area contributed by atoms with E-state index in [9.17, 15) is 4.39 Å². The minimum Gasteiger partial charge on any atom is -0.397 e. The summed E-state index contributed by atoms with van der Waals surface area (Å²) in [5.41, 5.74) is 0.506. The van der Waals surface area contributed by atoms with Crippen LogP contribution in [0.3, 0.4) is 0 Å². The largest absolute Gasteiger partial charge is 0.397 e. The standard InChI is InChI=1S/C8H7B2FO/c9-8(10,5-12)6-1-3-7(11)4-2-6/h1-4,12H,5H2. The average Bonchev–Trinajstić information content (AvgIpc) is 2.05. The van der Waals surface area contributed by atoms with Gasteiger partial charge in [0.05, 0.1) is 15.7 Å². The molecule has 1 nitrogen and oxygen atoms in total. The molecule has 0 bridgehead atoms. The maximum atomic E-state index is 12.4. The van der Waals surface area contributed by atoms with Crippen LogP contribution >= 0.6 is 0 Å². The van der Waals surface area contributed by atoms with Crippen LogP contribution in [0, 0.1) is 5.82 Å². The predicted octanol–water partition coefficient (Wildman–Crippen LogP) is 0.308. The first kappa shape index (κ1) is 9.33. The molecule has 0 fully saturated rings. The van der Waals surface area contributed by atoms with Gasteiger partial charge in [0.25, 0.3) is 0 Å². The summed E-state index contributed by atoms with van der Waals surface area (Å²) in [7, 11) is 11.0. The molecule has 0 aliphatic heterocycles. The minimum atomic E-state index is -1.28. The SMILES string of the molecule is [B]C([B])(CO)c1ccc(F)cc1. The van der Waals surface area contributed by atoms with Gasteiger partial charge < -0.3 is 5.11 Å². The Morgan fingerprint density at radius 3 is 2.17 bits per heavy atom. The molecule has 1 aromatic rings. The van der Waals surface area contributed by atoms with E-state index in [1.807, 2.05) is 0 Å². The van der Waals surface area contributed by atoms with Crippen molar-refractivity contribution in [1.29, 1.82) is 0 Å². The van der Waals surface area contributed by atoms with E-state index in [1.54, 1.807) is 0 Å². The van der Waals surface area contributed by atoms with Crippen LogP contribution in [-0.2, 0) is 5.21 Å². The number of benzene rings is 1. The highest BCUT2D eigenvalue weighted by Crippen LogP contribution is 2.16. The number of aliphatic hydroxyl groups excluding tert-OH is 1. The molecule has 0 spiro atoms. The number of hydrogen-bond acceptors (Lipinski definition) is 1. The van der Waals surface area contributed by atoms with Crippen LogP contribution in [0.5, 0.6) is 0 Å². The molecule has 0 aliphatic carbocycles. The fraction of sp³-hybridized carbons (Fsp3) is 0.250. The lowest BCUT2D eigenvalue weighted by atomic mass is 9.51. The van der Waals surface area contributed by atoms with Crippen LogP contribution in [0.15, 0.2) is 24.3 Å². The summed E-state index contributed by atoms with van der Waals surface area (Å²) < 4.78 is 12.4. The fourth-order valence-electron chi connectivity index (χ4n) is 0.851. The number of hydrogen-bond donors (Lipinski definition) is 1. The summed E-state index contributed by atoms with van der Waals surface area (Å²) in [4.78, 5) is 0. The van der Waals surface area contributed by atoms with E-state index in [0.29, 0.717) is 5.56 Å². The quantitative estimate of drug-likeness (QED) is 0.616. The van der Waals surface area contributed by atoms with Crippen molar-refractivity contribution in [2.45, 2.75) is 5.21 Å². The topological polar surface area (TPSA) is 20.2 Å². The third-order valence-electron chi connectivity index (χ3n) is 1.64. The molecule has 0 aliphatic rings. The molecule has 58 valence electrons. The number of rotatable bonds is 2. The summed E-state index contributed by atoms with van der Waals surface area (Å²) in [6.45, 7) is -0.376. The van der Waals surface area contributed by atoms with Crippen LogP contribution in [0.25, 0.3) is 0 Å². The van der Waals surface area contributed by atoms with E-state index in [4.69, 9.17) is 20.8 Å². The van der Waals surface area contributed by atoms with Crippen molar-refractivity contribution in [1.82, 2.24) is 0 Å². The zero-order valence-corrected chi connectivity index (χ0v) is 6.50. The fourth-order valence-corrected chi connectivity index (χ4v) is 0.851. The second kappa shape index (κ2) is 3.31. The first-order valence-electron chi connectivity index (χ1n) is 3.51. The van der Waals surface area contributed by atoms with Gasteiger partial charge in [0.2, 0.25) is 0 Å². The third-order valence-corrected chi connectivity index (χ3v) is 1.64. The van der Waals surface area contributed by atoms with Gasteiger partial charge in [0.1, 0.15) is 5.82 Å². The van der Waals surface area contributed by atoms with E-state index >= 15 is 0 Å². The average molecular weight is 160 g/mol. The van der Waals surface area contributed by atoms with Gasteiger partial charge in [-0.2, -0.15) is 0 Å². The first-order chi connectivity index (χ1) is 5.56. The lowest BCUT2D eigenvalue weighted by molar-refractivity contribution is 0.280. The van der Waals surface area contributed by atoms with E-state index in [-0.39, 0.29) is 12.4 Å². The van der Waals surface area contributed by atoms with Crippen molar-refractivity contribution < 1.29 is 9.50 Å². The van der Waals surface area contributed by atoms with Crippen molar-refractivity contribution in [3.05, 3.63) is 35.6 Å². The highest BCUT2D eigenvalue weighted by Gasteiger charge is 2.17. The lowest BCUT2D eigenvalue weighted by Crippen LogP contribution is -2.31. The Kier molecular flexibility index (Phi) is 2.58. The summed E-state index contributed by atoms with van der Waals surface area (Å²) in [6, 6.07) is 5.40. The van der Waals surface area contributed by atoms with Gasteiger partial charge in [-0.15, -0.1) is 0 Å². The summed E-state index contributed by atoms with van der Waals surface area (Å²) in [6.07, 6.45) is 0. The van der Waals surface area contributed by atoms with Crippen molar-refractivity contribution in [2.75, 3.05) is 6.61 Å². The van der Waals surface area contributed by atoms with Crippen LogP contribution in [-0.4, -0.2) is 27.4 Å². The van der Waals surface area contributed by atoms with Gasteiger partial charge in [-0.3, -0.25) is 0 Å². The molecule has 1 rings (SSSR count). The Morgan fingerprint density at radius 1 is 1.25 bits per heavy atom. The van der Waals surface area contributed by atoms with Crippen LogP contribution < -0.4 is 0 Å². The van der Waals surface area contributed by atoms with Crippen LogP contribution in [0.4, 0.5) is 4.39 Å². The molecule has 0 heterocycles. The van der Waals surface area contributed by atoms with Crippen LogP contribution in [0.1, 0.15) is 5.56 Å². The maximum absolute atomic E-state index is 12.4. The van der Waals surface area contributed by atoms with E-state index < -0.39 is 5.21 Å². The monoisotopic (exact) mass is 160 g/mol. The van der Waals surface area contributed by atoms with E-state index in [2.05, 4.69) is 0 Å². The molecule has 12 heavy (non-hydrogen) atoms. The highest BCUT2D eigenvalue weighted by molar-refractivity contribution is 6.40. The summed E-state index contributed by atoms with van der Waals surface area (Å²) in [5.74, 6) is -0.354. The molecule has 4 heteroatoms. The van der Waals surface area contributed by atoms with Crippen LogP contribution in [0.2, 0.25) is 0 Å². The molecule has 4 radical (unpaired) electrons. The number of halogens is 1. The maximum Gasteiger partial charge on any atom is 0.123 e. The zero-order chi connectivity index (χ0) is 9.19. The molecule has 0 amide bonds. The molecule has 0 atom stereocenters. The second-order valence-corrected chi connectivity index (χ2v) is 2.71. The minimum absolute atomic E-state index is 0.354. The molecule has 1 aromatic carbocycles. The molecule has 1 N–H and O–H groups in total. The smallest absolute Gasteiger partial charge is 0.123 e. The third kappa shape index (κ3) is 1.89. The predicted molar refractivity (Wildman–Crippen MR) is 46.7 cm³/mol. The molecule has 0 aromatic heterocycles. The Balaban J connectivity index is 2.96.